The summed E-state index contributed by atoms with van der Waals surface area (Å²) in [5, 5.41) is 10.7. The second-order valence-corrected chi connectivity index (χ2v) is 6.90. The lowest BCUT2D eigenvalue weighted by atomic mass is 9.82. The number of nitrogens with zero attached hydrogens (tertiary/aromatic N) is 2. The van der Waals surface area contributed by atoms with Crippen molar-refractivity contribution in [3.8, 4) is 0 Å². The molecule has 3 rings (SSSR count). The number of nitrogens with one attached hydrogen (secondary N) is 1. The third-order valence-electron chi connectivity index (χ3n) is 4.93. The zero-order valence-corrected chi connectivity index (χ0v) is 14.1. The summed E-state index contributed by atoms with van der Waals surface area (Å²) in [6.45, 7) is 2.95. The molecule has 1 aliphatic heterocycles. The molecular weight excluding hydrogens is 310 g/mol. The molecule has 1 amide bonds. The van der Waals surface area contributed by atoms with Gasteiger partial charge in [-0.25, -0.2) is 4.98 Å². The average Bonchev–Trinajstić information content (AvgIpc) is 2.54. The SMILES string of the molecule is Cc1nc([C@H]2COCCN2C(=O)CC2(O)CCCCC2)cc(=O)[nH]1. The minimum absolute atomic E-state index is 0.0903. The maximum Gasteiger partial charge on any atom is 0.251 e. The van der Waals surface area contributed by atoms with E-state index in [0.29, 0.717) is 44.1 Å². The van der Waals surface area contributed by atoms with Gasteiger partial charge in [-0.1, -0.05) is 19.3 Å². The van der Waals surface area contributed by atoms with Crippen molar-refractivity contribution in [3.05, 3.63) is 27.9 Å². The second-order valence-electron chi connectivity index (χ2n) is 6.90. The standard InChI is InChI=1S/C17H25N3O4/c1-12-18-13(9-15(21)19-12)14-11-24-8-7-20(14)16(22)10-17(23)5-3-2-4-6-17/h9,14,23H,2-8,10-11H2,1H3,(H,18,19,21)/t14-/m1/s1. The van der Waals surface area contributed by atoms with Gasteiger partial charge in [0.05, 0.1) is 37.0 Å². The number of carbonyl (C=O) groups is 1. The Kier molecular flexibility index (Phi) is 5.01. The monoisotopic (exact) mass is 335 g/mol. The third-order valence-corrected chi connectivity index (χ3v) is 4.93. The first-order valence-electron chi connectivity index (χ1n) is 8.64. The highest BCUT2D eigenvalue weighted by Gasteiger charge is 2.37. The van der Waals surface area contributed by atoms with Gasteiger partial charge in [0, 0.05) is 12.6 Å². The molecule has 1 aromatic rings. The molecule has 24 heavy (non-hydrogen) atoms. The van der Waals surface area contributed by atoms with Crippen molar-refractivity contribution in [1.82, 2.24) is 14.9 Å². The maximum absolute atomic E-state index is 12.8. The number of hydrogen-bond acceptors (Lipinski definition) is 5. The molecular formula is C17H25N3O4. The van der Waals surface area contributed by atoms with Crippen LogP contribution in [-0.2, 0) is 9.53 Å². The van der Waals surface area contributed by atoms with E-state index in [4.69, 9.17) is 4.74 Å². The number of carbonyl (C=O) groups excluding carboxylic acids is 1. The van der Waals surface area contributed by atoms with Crippen LogP contribution in [0.25, 0.3) is 0 Å². The Hall–Kier alpha value is -1.73. The predicted octanol–water partition coefficient (Wildman–Crippen LogP) is 1.06. The Morgan fingerprint density at radius 2 is 2.21 bits per heavy atom. The number of hydrogen-bond donors (Lipinski definition) is 2. The second kappa shape index (κ2) is 7.03. The Labute approximate surface area is 141 Å². The van der Waals surface area contributed by atoms with E-state index in [1.54, 1.807) is 11.8 Å². The largest absolute Gasteiger partial charge is 0.389 e. The van der Waals surface area contributed by atoms with Crippen molar-refractivity contribution in [2.75, 3.05) is 19.8 Å². The van der Waals surface area contributed by atoms with E-state index in [1.165, 1.54) is 6.07 Å². The van der Waals surface area contributed by atoms with Gasteiger partial charge in [0.25, 0.3) is 5.56 Å². The molecule has 132 valence electrons. The Balaban J connectivity index is 1.78. The van der Waals surface area contributed by atoms with E-state index < -0.39 is 5.60 Å². The fourth-order valence-electron chi connectivity index (χ4n) is 3.69. The summed E-state index contributed by atoms with van der Waals surface area (Å²) in [5.74, 6) is 0.425. The lowest BCUT2D eigenvalue weighted by Crippen LogP contribution is -2.47. The highest BCUT2D eigenvalue weighted by Crippen LogP contribution is 2.33. The van der Waals surface area contributed by atoms with Crippen LogP contribution in [0.1, 0.15) is 56.1 Å². The molecule has 1 saturated heterocycles. The molecule has 1 atom stereocenters. The van der Waals surface area contributed by atoms with Gasteiger partial charge in [0.15, 0.2) is 0 Å². The van der Waals surface area contributed by atoms with E-state index >= 15 is 0 Å². The summed E-state index contributed by atoms with van der Waals surface area (Å²) in [6.07, 6.45) is 4.53. The van der Waals surface area contributed by atoms with E-state index in [9.17, 15) is 14.7 Å². The van der Waals surface area contributed by atoms with Crippen molar-refractivity contribution < 1.29 is 14.6 Å². The Morgan fingerprint density at radius 3 is 2.92 bits per heavy atom. The van der Waals surface area contributed by atoms with Crippen LogP contribution in [0.3, 0.4) is 0 Å². The first-order valence-corrected chi connectivity index (χ1v) is 8.64. The van der Waals surface area contributed by atoms with Crippen molar-refractivity contribution in [2.24, 2.45) is 0 Å². The molecule has 2 aliphatic rings. The molecule has 7 heteroatoms. The van der Waals surface area contributed by atoms with Gasteiger partial charge < -0.3 is 19.7 Å². The summed E-state index contributed by atoms with van der Waals surface area (Å²) < 4.78 is 5.50. The molecule has 1 aliphatic carbocycles. The molecule has 1 saturated carbocycles. The molecule has 7 nitrogen and oxygen atoms in total. The summed E-state index contributed by atoms with van der Waals surface area (Å²) in [7, 11) is 0. The molecule has 0 radical (unpaired) electrons. The summed E-state index contributed by atoms with van der Waals surface area (Å²) >= 11 is 0. The number of aromatic amines is 1. The number of ether oxygens (including phenoxy) is 1. The molecule has 0 spiro atoms. The average molecular weight is 335 g/mol. The topological polar surface area (TPSA) is 95.5 Å². The van der Waals surface area contributed by atoms with Crippen LogP contribution in [0, 0.1) is 6.92 Å². The van der Waals surface area contributed by atoms with Gasteiger partial charge in [-0.2, -0.15) is 0 Å². The van der Waals surface area contributed by atoms with Crippen molar-refractivity contribution in [1.29, 1.82) is 0 Å². The van der Waals surface area contributed by atoms with Crippen LogP contribution >= 0.6 is 0 Å². The number of H-pyrrole nitrogens is 1. The number of rotatable bonds is 3. The van der Waals surface area contributed by atoms with E-state index in [-0.39, 0.29) is 23.9 Å². The van der Waals surface area contributed by atoms with Crippen LogP contribution < -0.4 is 5.56 Å². The molecule has 0 aromatic carbocycles. The number of amides is 1. The Bertz CT molecular complexity index is 651. The lowest BCUT2D eigenvalue weighted by Gasteiger charge is -2.38. The fraction of sp³-hybridized carbons (Fsp3) is 0.706. The quantitative estimate of drug-likeness (QED) is 0.861. The molecule has 2 heterocycles. The molecule has 2 N–H and O–H groups in total. The van der Waals surface area contributed by atoms with Crippen molar-refractivity contribution in [2.45, 2.75) is 57.1 Å². The maximum atomic E-state index is 12.8. The first-order chi connectivity index (χ1) is 11.5. The van der Waals surface area contributed by atoms with Crippen LogP contribution in [0.2, 0.25) is 0 Å². The third kappa shape index (κ3) is 3.84. The van der Waals surface area contributed by atoms with Crippen LogP contribution in [0.4, 0.5) is 0 Å². The minimum Gasteiger partial charge on any atom is -0.389 e. The van der Waals surface area contributed by atoms with E-state index in [1.807, 2.05) is 0 Å². The zero-order chi connectivity index (χ0) is 17.2. The first kappa shape index (κ1) is 17.1. The van der Waals surface area contributed by atoms with E-state index in [2.05, 4.69) is 9.97 Å². The van der Waals surface area contributed by atoms with Crippen LogP contribution in [0.5, 0.6) is 0 Å². The van der Waals surface area contributed by atoms with Crippen molar-refractivity contribution in [3.63, 3.8) is 0 Å². The zero-order valence-electron chi connectivity index (χ0n) is 14.1. The molecule has 0 bridgehead atoms. The highest BCUT2D eigenvalue weighted by molar-refractivity contribution is 5.78. The minimum atomic E-state index is -0.893. The summed E-state index contributed by atoms with van der Waals surface area (Å²) in [5.41, 5.74) is -0.586. The number of aromatic nitrogens is 2. The normalized spacial score (nSPS) is 23.9. The lowest BCUT2D eigenvalue weighted by molar-refractivity contribution is -0.146. The number of morpholine rings is 1. The van der Waals surface area contributed by atoms with Gasteiger partial charge >= 0.3 is 0 Å². The summed E-state index contributed by atoms with van der Waals surface area (Å²) in [6, 6.07) is 1.04. The smallest absolute Gasteiger partial charge is 0.251 e. The van der Waals surface area contributed by atoms with Gasteiger partial charge in [0.1, 0.15) is 5.82 Å². The van der Waals surface area contributed by atoms with Gasteiger partial charge in [-0.05, 0) is 19.8 Å². The molecule has 1 aromatic heterocycles. The molecule has 0 unspecified atom stereocenters. The fourth-order valence-corrected chi connectivity index (χ4v) is 3.69. The predicted molar refractivity (Wildman–Crippen MR) is 87.5 cm³/mol. The van der Waals surface area contributed by atoms with Gasteiger partial charge in [-0.3, -0.25) is 9.59 Å². The van der Waals surface area contributed by atoms with Gasteiger partial charge in [0.2, 0.25) is 5.91 Å². The highest BCUT2D eigenvalue weighted by atomic mass is 16.5. The Morgan fingerprint density at radius 1 is 1.46 bits per heavy atom. The van der Waals surface area contributed by atoms with E-state index in [0.717, 1.165) is 19.3 Å². The molecule has 2 fully saturated rings. The van der Waals surface area contributed by atoms with Crippen LogP contribution in [-0.4, -0.2) is 51.2 Å². The van der Waals surface area contributed by atoms with Gasteiger partial charge in [-0.15, -0.1) is 0 Å². The number of aryl methyl sites for hydroxylation is 1. The summed E-state index contributed by atoms with van der Waals surface area (Å²) in [4.78, 5) is 33.2. The van der Waals surface area contributed by atoms with Crippen LogP contribution in [0.15, 0.2) is 10.9 Å². The van der Waals surface area contributed by atoms with Crippen molar-refractivity contribution >= 4 is 5.91 Å². The number of aliphatic hydroxyl groups is 1.